The highest BCUT2D eigenvalue weighted by atomic mass is 16.5. The molecule has 1 atom stereocenters. The molecule has 4 nitrogen and oxygen atoms in total. The van der Waals surface area contributed by atoms with Crippen LogP contribution in [0.4, 0.5) is 4.79 Å². The monoisotopic (exact) mass is 304 g/mol. The van der Waals surface area contributed by atoms with Gasteiger partial charge in [0, 0.05) is 19.7 Å². The zero-order valence-electron chi connectivity index (χ0n) is 14.2. The quantitative estimate of drug-likeness (QED) is 0.924. The van der Waals surface area contributed by atoms with Crippen LogP contribution in [-0.4, -0.2) is 36.7 Å². The number of carbonyl (C=O) groups is 1. The van der Waals surface area contributed by atoms with Crippen LogP contribution in [0.15, 0.2) is 18.2 Å². The largest absolute Gasteiger partial charge is 0.378 e. The summed E-state index contributed by atoms with van der Waals surface area (Å²) in [5.41, 5.74) is 3.62. The van der Waals surface area contributed by atoms with Gasteiger partial charge in [0.25, 0.3) is 0 Å². The van der Waals surface area contributed by atoms with Crippen molar-refractivity contribution in [2.24, 2.45) is 0 Å². The lowest BCUT2D eigenvalue weighted by atomic mass is 10.0. The summed E-state index contributed by atoms with van der Waals surface area (Å²) in [7, 11) is 0. The van der Waals surface area contributed by atoms with Crippen molar-refractivity contribution in [3.05, 3.63) is 34.9 Å². The zero-order valence-corrected chi connectivity index (χ0v) is 14.2. The number of carbonyl (C=O) groups excluding carboxylic acids is 1. The normalized spacial score (nSPS) is 17.4. The fourth-order valence-corrected chi connectivity index (χ4v) is 3.08. The van der Waals surface area contributed by atoms with Crippen LogP contribution in [0, 0.1) is 13.8 Å². The van der Waals surface area contributed by atoms with Gasteiger partial charge in [0.1, 0.15) is 0 Å². The van der Waals surface area contributed by atoms with Gasteiger partial charge in [0.2, 0.25) is 0 Å². The van der Waals surface area contributed by atoms with E-state index in [-0.39, 0.29) is 12.1 Å². The van der Waals surface area contributed by atoms with Crippen LogP contribution < -0.4 is 5.32 Å². The zero-order chi connectivity index (χ0) is 16.1. The average Bonchev–Trinajstić information content (AvgIpc) is 2.47. The van der Waals surface area contributed by atoms with E-state index in [9.17, 15) is 4.79 Å². The maximum Gasteiger partial charge on any atom is 0.317 e. The van der Waals surface area contributed by atoms with Gasteiger partial charge < -0.3 is 15.0 Å². The van der Waals surface area contributed by atoms with Crippen LogP contribution in [0.1, 0.15) is 49.4 Å². The average molecular weight is 304 g/mol. The standard InChI is InChI=1S/C18H28N2O2/c1-5-22-17-6-8-20(9-7-17)18(21)19-15(4)16-11-13(2)10-14(3)12-16/h10-12,15,17H,5-9H2,1-4H3,(H,19,21)/t15-/m1/s1. The number of nitrogens with one attached hydrogen (secondary N) is 1. The second-order valence-corrected chi connectivity index (χ2v) is 6.23. The maximum absolute atomic E-state index is 12.4. The molecule has 0 saturated carbocycles. The molecule has 0 unspecified atom stereocenters. The minimum Gasteiger partial charge on any atom is -0.378 e. The molecule has 1 aromatic carbocycles. The minimum atomic E-state index is 0.0238. The molecule has 0 spiro atoms. The molecule has 1 aliphatic rings. The molecule has 0 radical (unpaired) electrons. The highest BCUT2D eigenvalue weighted by molar-refractivity contribution is 5.74. The van der Waals surface area contributed by atoms with Gasteiger partial charge in [-0.2, -0.15) is 0 Å². The first-order valence-electron chi connectivity index (χ1n) is 8.24. The molecule has 1 aromatic rings. The molecule has 1 N–H and O–H groups in total. The number of nitrogens with zero attached hydrogens (tertiary/aromatic N) is 1. The number of amides is 2. The Morgan fingerprint density at radius 3 is 2.41 bits per heavy atom. The Labute approximate surface area is 133 Å². The second-order valence-electron chi connectivity index (χ2n) is 6.23. The number of aryl methyl sites for hydroxylation is 2. The molecule has 1 heterocycles. The first-order valence-corrected chi connectivity index (χ1v) is 8.24. The van der Waals surface area contributed by atoms with E-state index in [0.29, 0.717) is 6.10 Å². The first kappa shape index (κ1) is 16.8. The third-order valence-electron chi connectivity index (χ3n) is 4.22. The van der Waals surface area contributed by atoms with Gasteiger partial charge in [-0.15, -0.1) is 0 Å². The highest BCUT2D eigenvalue weighted by Crippen LogP contribution is 2.18. The summed E-state index contributed by atoms with van der Waals surface area (Å²) < 4.78 is 5.63. The van der Waals surface area contributed by atoms with Crippen LogP contribution in [0.2, 0.25) is 0 Å². The molecule has 1 saturated heterocycles. The summed E-state index contributed by atoms with van der Waals surface area (Å²) in [6.45, 7) is 10.5. The fourth-order valence-electron chi connectivity index (χ4n) is 3.08. The summed E-state index contributed by atoms with van der Waals surface area (Å²) in [5, 5.41) is 3.11. The van der Waals surface area contributed by atoms with Gasteiger partial charge in [-0.25, -0.2) is 4.79 Å². The van der Waals surface area contributed by atoms with Crippen molar-refractivity contribution in [2.75, 3.05) is 19.7 Å². The van der Waals surface area contributed by atoms with E-state index in [4.69, 9.17) is 4.74 Å². The van der Waals surface area contributed by atoms with Crippen LogP contribution >= 0.6 is 0 Å². The Morgan fingerprint density at radius 2 is 1.86 bits per heavy atom. The van der Waals surface area contributed by atoms with Gasteiger partial charge in [-0.3, -0.25) is 0 Å². The molecule has 0 aliphatic carbocycles. The predicted molar refractivity (Wildman–Crippen MR) is 89.1 cm³/mol. The van der Waals surface area contributed by atoms with Crippen molar-refractivity contribution >= 4 is 6.03 Å². The number of benzene rings is 1. The van der Waals surface area contributed by atoms with Crippen molar-refractivity contribution in [2.45, 2.75) is 52.7 Å². The van der Waals surface area contributed by atoms with Crippen molar-refractivity contribution in [1.82, 2.24) is 10.2 Å². The third-order valence-corrected chi connectivity index (χ3v) is 4.22. The Kier molecular flexibility index (Phi) is 5.83. The molecule has 1 fully saturated rings. The van der Waals surface area contributed by atoms with Gasteiger partial charge >= 0.3 is 6.03 Å². The van der Waals surface area contributed by atoms with E-state index < -0.39 is 0 Å². The van der Waals surface area contributed by atoms with E-state index in [1.807, 2.05) is 18.7 Å². The number of urea groups is 1. The molecule has 4 heteroatoms. The molecule has 2 amide bonds. The summed E-state index contributed by atoms with van der Waals surface area (Å²) in [6.07, 6.45) is 2.17. The van der Waals surface area contributed by atoms with Gasteiger partial charge in [0.05, 0.1) is 12.1 Å². The van der Waals surface area contributed by atoms with Crippen molar-refractivity contribution in [1.29, 1.82) is 0 Å². The predicted octanol–water partition coefficient (Wildman–Crippen LogP) is 3.57. The number of likely N-dealkylation sites (tertiary alicyclic amines) is 1. The van der Waals surface area contributed by atoms with Crippen LogP contribution in [-0.2, 0) is 4.74 Å². The van der Waals surface area contributed by atoms with Crippen molar-refractivity contribution in [3.63, 3.8) is 0 Å². The van der Waals surface area contributed by atoms with E-state index >= 15 is 0 Å². The number of hydrogen-bond acceptors (Lipinski definition) is 2. The number of piperidine rings is 1. The smallest absolute Gasteiger partial charge is 0.317 e. The Bertz CT molecular complexity index is 488. The summed E-state index contributed by atoms with van der Waals surface area (Å²) in [5.74, 6) is 0. The maximum atomic E-state index is 12.4. The SMILES string of the molecule is CCOC1CCN(C(=O)N[C@H](C)c2cc(C)cc(C)c2)CC1. The lowest BCUT2D eigenvalue weighted by Crippen LogP contribution is -2.46. The van der Waals surface area contributed by atoms with Crippen LogP contribution in [0.3, 0.4) is 0 Å². The second kappa shape index (κ2) is 7.63. The fraction of sp³-hybridized carbons (Fsp3) is 0.611. The van der Waals surface area contributed by atoms with Gasteiger partial charge in [-0.1, -0.05) is 29.3 Å². The Morgan fingerprint density at radius 1 is 1.27 bits per heavy atom. The highest BCUT2D eigenvalue weighted by Gasteiger charge is 2.23. The van der Waals surface area contributed by atoms with Crippen LogP contribution in [0.25, 0.3) is 0 Å². The first-order chi connectivity index (χ1) is 10.5. The molecule has 2 rings (SSSR count). The lowest BCUT2D eigenvalue weighted by Gasteiger charge is -2.32. The molecule has 1 aliphatic heterocycles. The van der Waals surface area contributed by atoms with Crippen LogP contribution in [0.5, 0.6) is 0 Å². The number of rotatable bonds is 4. The van der Waals surface area contributed by atoms with E-state index in [1.165, 1.54) is 11.1 Å². The Balaban J connectivity index is 1.89. The molecule has 122 valence electrons. The number of hydrogen-bond donors (Lipinski definition) is 1. The molecular formula is C18H28N2O2. The van der Waals surface area contributed by atoms with E-state index in [2.05, 4.69) is 37.4 Å². The van der Waals surface area contributed by atoms with Crippen molar-refractivity contribution in [3.8, 4) is 0 Å². The Hall–Kier alpha value is -1.55. The molecule has 0 bridgehead atoms. The number of ether oxygens (including phenoxy) is 1. The molecule has 22 heavy (non-hydrogen) atoms. The lowest BCUT2D eigenvalue weighted by molar-refractivity contribution is 0.0218. The molecule has 0 aromatic heterocycles. The summed E-state index contributed by atoms with van der Waals surface area (Å²) >= 11 is 0. The topological polar surface area (TPSA) is 41.6 Å². The van der Waals surface area contributed by atoms with Gasteiger partial charge in [0.15, 0.2) is 0 Å². The van der Waals surface area contributed by atoms with E-state index in [1.54, 1.807) is 0 Å². The summed E-state index contributed by atoms with van der Waals surface area (Å²) in [4.78, 5) is 14.3. The van der Waals surface area contributed by atoms with Crippen molar-refractivity contribution < 1.29 is 9.53 Å². The molecular weight excluding hydrogens is 276 g/mol. The van der Waals surface area contributed by atoms with Gasteiger partial charge in [-0.05, 0) is 46.1 Å². The third kappa shape index (κ3) is 4.47. The van der Waals surface area contributed by atoms with E-state index in [0.717, 1.165) is 38.1 Å². The summed E-state index contributed by atoms with van der Waals surface area (Å²) in [6, 6.07) is 6.48. The minimum absolute atomic E-state index is 0.0238.